The SMILES string of the molecule is N#C/C(=C/N1CCC(C(=O)O)CC1)C(=O)Nc1cccc(Cl)c1Cl. The van der Waals surface area contributed by atoms with Gasteiger partial charge in [0, 0.05) is 19.3 Å². The number of carboxylic acids is 1. The van der Waals surface area contributed by atoms with Gasteiger partial charge in [-0.25, -0.2) is 0 Å². The number of carbonyl (C=O) groups excluding carboxylic acids is 1. The molecule has 1 saturated heterocycles. The topological polar surface area (TPSA) is 93.4 Å². The maximum absolute atomic E-state index is 12.2. The van der Waals surface area contributed by atoms with Gasteiger partial charge in [-0.2, -0.15) is 5.26 Å². The van der Waals surface area contributed by atoms with Crippen molar-refractivity contribution in [3.05, 3.63) is 40.0 Å². The van der Waals surface area contributed by atoms with E-state index in [0.29, 0.717) is 36.6 Å². The number of anilines is 1. The van der Waals surface area contributed by atoms with E-state index in [1.807, 2.05) is 6.07 Å². The van der Waals surface area contributed by atoms with Crippen LogP contribution in [0.2, 0.25) is 10.0 Å². The van der Waals surface area contributed by atoms with Crippen molar-refractivity contribution in [2.75, 3.05) is 18.4 Å². The van der Waals surface area contributed by atoms with E-state index in [1.54, 1.807) is 23.1 Å². The number of benzene rings is 1. The van der Waals surface area contributed by atoms with Crippen molar-refractivity contribution >= 4 is 40.8 Å². The number of nitriles is 1. The van der Waals surface area contributed by atoms with Gasteiger partial charge >= 0.3 is 5.97 Å². The first-order valence-electron chi connectivity index (χ1n) is 7.26. The number of halogens is 2. The zero-order chi connectivity index (χ0) is 17.7. The number of likely N-dealkylation sites (tertiary alicyclic amines) is 1. The molecule has 2 N–H and O–H groups in total. The molecule has 1 aliphatic heterocycles. The van der Waals surface area contributed by atoms with Crippen LogP contribution in [-0.2, 0) is 9.59 Å². The Labute approximate surface area is 149 Å². The van der Waals surface area contributed by atoms with E-state index < -0.39 is 11.9 Å². The van der Waals surface area contributed by atoms with Gasteiger partial charge in [-0.1, -0.05) is 29.3 Å². The van der Waals surface area contributed by atoms with Crippen LogP contribution in [0.5, 0.6) is 0 Å². The first-order chi connectivity index (χ1) is 11.4. The highest BCUT2D eigenvalue weighted by Gasteiger charge is 2.24. The van der Waals surface area contributed by atoms with Gasteiger partial charge in [-0.15, -0.1) is 0 Å². The number of hydrogen-bond donors (Lipinski definition) is 2. The molecule has 0 aromatic heterocycles. The third-order valence-corrected chi connectivity index (χ3v) is 4.57. The van der Waals surface area contributed by atoms with Crippen molar-refractivity contribution in [2.24, 2.45) is 5.92 Å². The Balaban J connectivity index is 2.05. The number of aliphatic carboxylic acids is 1. The molecule has 1 heterocycles. The Hall–Kier alpha value is -2.23. The van der Waals surface area contributed by atoms with E-state index in [-0.39, 0.29) is 16.5 Å². The average Bonchev–Trinajstić information content (AvgIpc) is 2.57. The summed E-state index contributed by atoms with van der Waals surface area (Å²) >= 11 is 11.9. The molecule has 0 radical (unpaired) electrons. The molecule has 1 aliphatic rings. The van der Waals surface area contributed by atoms with Crippen molar-refractivity contribution in [3.63, 3.8) is 0 Å². The van der Waals surface area contributed by atoms with Crippen LogP contribution >= 0.6 is 23.2 Å². The smallest absolute Gasteiger partial charge is 0.306 e. The summed E-state index contributed by atoms with van der Waals surface area (Å²) < 4.78 is 0. The van der Waals surface area contributed by atoms with E-state index >= 15 is 0 Å². The maximum Gasteiger partial charge on any atom is 0.306 e. The molecular weight excluding hydrogens is 353 g/mol. The molecule has 126 valence electrons. The predicted molar refractivity (Wildman–Crippen MR) is 90.7 cm³/mol. The lowest BCUT2D eigenvalue weighted by atomic mass is 9.97. The van der Waals surface area contributed by atoms with Crippen molar-refractivity contribution in [2.45, 2.75) is 12.8 Å². The molecule has 0 atom stereocenters. The lowest BCUT2D eigenvalue weighted by Gasteiger charge is -2.29. The van der Waals surface area contributed by atoms with E-state index in [2.05, 4.69) is 5.32 Å². The van der Waals surface area contributed by atoms with E-state index in [0.717, 1.165) is 0 Å². The van der Waals surface area contributed by atoms with Crippen LogP contribution in [0.25, 0.3) is 0 Å². The Morgan fingerprint density at radius 2 is 2.00 bits per heavy atom. The average molecular weight is 368 g/mol. The number of carbonyl (C=O) groups is 2. The van der Waals surface area contributed by atoms with Crippen LogP contribution in [0.1, 0.15) is 12.8 Å². The third kappa shape index (κ3) is 4.40. The zero-order valence-electron chi connectivity index (χ0n) is 12.6. The van der Waals surface area contributed by atoms with Crippen molar-refractivity contribution in [1.29, 1.82) is 5.26 Å². The Bertz CT molecular complexity index is 720. The molecule has 0 spiro atoms. The van der Waals surface area contributed by atoms with E-state index in [1.165, 1.54) is 6.20 Å². The number of carboxylic acid groups (broad SMARTS) is 1. The number of piperidine rings is 1. The summed E-state index contributed by atoms with van der Waals surface area (Å²) in [5.74, 6) is -1.78. The number of hydrogen-bond acceptors (Lipinski definition) is 4. The van der Waals surface area contributed by atoms with Crippen LogP contribution in [-0.4, -0.2) is 35.0 Å². The van der Waals surface area contributed by atoms with Crippen LogP contribution in [0.4, 0.5) is 5.69 Å². The zero-order valence-corrected chi connectivity index (χ0v) is 14.1. The molecule has 1 aromatic rings. The van der Waals surface area contributed by atoms with Gasteiger partial charge in [0.25, 0.3) is 5.91 Å². The van der Waals surface area contributed by atoms with Crippen LogP contribution < -0.4 is 5.32 Å². The fraction of sp³-hybridized carbons (Fsp3) is 0.312. The summed E-state index contributed by atoms with van der Waals surface area (Å²) in [6.07, 6.45) is 2.41. The lowest BCUT2D eigenvalue weighted by Crippen LogP contribution is -2.33. The molecule has 0 unspecified atom stereocenters. The number of rotatable bonds is 4. The second-order valence-electron chi connectivity index (χ2n) is 5.36. The van der Waals surface area contributed by atoms with Gasteiger partial charge in [0.2, 0.25) is 0 Å². The van der Waals surface area contributed by atoms with Gasteiger partial charge in [0.05, 0.1) is 21.7 Å². The molecule has 2 rings (SSSR count). The molecule has 6 nitrogen and oxygen atoms in total. The third-order valence-electron chi connectivity index (χ3n) is 3.76. The highest BCUT2D eigenvalue weighted by Crippen LogP contribution is 2.29. The van der Waals surface area contributed by atoms with Crippen LogP contribution in [0.3, 0.4) is 0 Å². The van der Waals surface area contributed by atoms with Gasteiger partial charge in [-0.3, -0.25) is 9.59 Å². The van der Waals surface area contributed by atoms with E-state index in [9.17, 15) is 14.9 Å². The first kappa shape index (κ1) is 18.1. The van der Waals surface area contributed by atoms with Gasteiger partial charge in [0.15, 0.2) is 0 Å². The van der Waals surface area contributed by atoms with Crippen molar-refractivity contribution < 1.29 is 14.7 Å². The lowest BCUT2D eigenvalue weighted by molar-refractivity contribution is -0.143. The minimum Gasteiger partial charge on any atom is -0.481 e. The summed E-state index contributed by atoms with van der Waals surface area (Å²) in [4.78, 5) is 24.9. The predicted octanol–water partition coefficient (Wildman–Crippen LogP) is 3.14. The largest absolute Gasteiger partial charge is 0.481 e. The normalized spacial score (nSPS) is 15.7. The fourth-order valence-corrected chi connectivity index (χ4v) is 2.73. The second kappa shape index (κ2) is 8.04. The van der Waals surface area contributed by atoms with Crippen LogP contribution in [0, 0.1) is 17.2 Å². The molecule has 8 heteroatoms. The maximum atomic E-state index is 12.2. The van der Waals surface area contributed by atoms with Crippen molar-refractivity contribution in [3.8, 4) is 6.07 Å². The fourth-order valence-electron chi connectivity index (χ4n) is 2.39. The summed E-state index contributed by atoms with van der Waals surface area (Å²) in [7, 11) is 0. The second-order valence-corrected chi connectivity index (χ2v) is 6.14. The highest BCUT2D eigenvalue weighted by molar-refractivity contribution is 6.44. The Kier molecular flexibility index (Phi) is 6.07. The standard InChI is InChI=1S/C16H15Cl2N3O3/c17-12-2-1-3-13(14(12)18)20-15(22)11(8-19)9-21-6-4-10(5-7-21)16(23)24/h1-3,9-10H,4-7H2,(H,20,22)(H,23,24)/b11-9-. The molecule has 0 bridgehead atoms. The van der Waals surface area contributed by atoms with Gasteiger partial charge in [-0.05, 0) is 25.0 Å². The Morgan fingerprint density at radius 3 is 2.58 bits per heavy atom. The highest BCUT2D eigenvalue weighted by atomic mass is 35.5. The summed E-state index contributed by atoms with van der Waals surface area (Å²) in [6, 6.07) is 6.66. The molecule has 1 fully saturated rings. The minimum atomic E-state index is -0.813. The van der Waals surface area contributed by atoms with E-state index in [4.69, 9.17) is 28.3 Å². The number of amides is 1. The summed E-state index contributed by atoms with van der Waals surface area (Å²) in [5, 5.41) is 21.2. The molecule has 1 aromatic carbocycles. The summed E-state index contributed by atoms with van der Waals surface area (Å²) in [5.41, 5.74) is 0.236. The Morgan fingerprint density at radius 1 is 1.33 bits per heavy atom. The molecular formula is C16H15Cl2N3O3. The molecule has 0 aliphatic carbocycles. The molecule has 0 saturated carbocycles. The first-order valence-corrected chi connectivity index (χ1v) is 8.02. The van der Waals surface area contributed by atoms with Crippen LogP contribution in [0.15, 0.2) is 30.0 Å². The summed E-state index contributed by atoms with van der Waals surface area (Å²) in [6.45, 7) is 0.959. The molecule has 1 amide bonds. The van der Waals surface area contributed by atoms with Gasteiger partial charge in [0.1, 0.15) is 11.6 Å². The minimum absolute atomic E-state index is 0.0835. The number of nitrogens with one attached hydrogen (secondary N) is 1. The van der Waals surface area contributed by atoms with Gasteiger partial charge < -0.3 is 15.3 Å². The number of nitrogens with zero attached hydrogens (tertiary/aromatic N) is 2. The van der Waals surface area contributed by atoms with Crippen molar-refractivity contribution in [1.82, 2.24) is 4.90 Å². The molecule has 24 heavy (non-hydrogen) atoms. The monoisotopic (exact) mass is 367 g/mol. The quantitative estimate of drug-likeness (QED) is 0.629.